The fourth-order valence-electron chi connectivity index (χ4n) is 2.69. The van der Waals surface area contributed by atoms with Crippen molar-refractivity contribution in [3.05, 3.63) is 0 Å². The van der Waals surface area contributed by atoms with Crippen LogP contribution in [0.15, 0.2) is 0 Å². The second kappa shape index (κ2) is 3.56. The van der Waals surface area contributed by atoms with Crippen LogP contribution < -0.4 is 10.6 Å². The van der Waals surface area contributed by atoms with Gasteiger partial charge in [0.1, 0.15) is 0 Å². The van der Waals surface area contributed by atoms with Crippen LogP contribution in [-0.4, -0.2) is 38.4 Å². The van der Waals surface area contributed by atoms with Gasteiger partial charge in [-0.25, -0.2) is 0 Å². The molecule has 2 aliphatic rings. The average molecular weight is 184 g/mol. The maximum Gasteiger partial charge on any atom is 0.0847 e. The summed E-state index contributed by atoms with van der Waals surface area (Å²) >= 11 is 0. The third kappa shape index (κ3) is 1.60. The summed E-state index contributed by atoms with van der Waals surface area (Å²) in [4.78, 5) is 0. The van der Waals surface area contributed by atoms with Gasteiger partial charge in [0.15, 0.2) is 0 Å². The minimum atomic E-state index is 0.131. The molecule has 0 radical (unpaired) electrons. The topological polar surface area (TPSA) is 33.3 Å². The first-order valence-corrected chi connectivity index (χ1v) is 5.29. The van der Waals surface area contributed by atoms with E-state index in [0.29, 0.717) is 12.0 Å². The van der Waals surface area contributed by atoms with E-state index in [4.69, 9.17) is 4.74 Å². The lowest BCUT2D eigenvalue weighted by molar-refractivity contribution is -0.0868. The smallest absolute Gasteiger partial charge is 0.0847 e. The summed E-state index contributed by atoms with van der Waals surface area (Å²) in [5, 5.41) is 6.80. The predicted molar refractivity (Wildman–Crippen MR) is 52.8 cm³/mol. The predicted octanol–water partition coefficient (Wildman–Crippen LogP) is 0.363. The summed E-state index contributed by atoms with van der Waals surface area (Å²) in [6.45, 7) is 5.23. The summed E-state index contributed by atoms with van der Waals surface area (Å²) in [5.41, 5.74) is 0.131. The molecule has 2 N–H and O–H groups in total. The molecule has 3 nitrogen and oxygen atoms in total. The zero-order valence-corrected chi connectivity index (χ0v) is 8.60. The summed E-state index contributed by atoms with van der Waals surface area (Å²) in [5.74, 6) is 0.678. The van der Waals surface area contributed by atoms with E-state index in [-0.39, 0.29) is 5.60 Å². The zero-order valence-electron chi connectivity index (χ0n) is 8.60. The number of ether oxygens (including phenoxy) is 1. The Balaban J connectivity index is 2.04. The lowest BCUT2D eigenvalue weighted by Gasteiger charge is -2.38. The van der Waals surface area contributed by atoms with E-state index in [1.165, 1.54) is 6.42 Å². The molecular weight excluding hydrogens is 164 g/mol. The highest BCUT2D eigenvalue weighted by molar-refractivity contribution is 5.01. The van der Waals surface area contributed by atoms with Crippen LogP contribution in [0, 0.1) is 5.92 Å². The molecule has 0 aromatic carbocycles. The minimum absolute atomic E-state index is 0.131. The van der Waals surface area contributed by atoms with Gasteiger partial charge < -0.3 is 15.4 Å². The minimum Gasteiger partial charge on any atom is -0.372 e. The Morgan fingerprint density at radius 3 is 2.92 bits per heavy atom. The third-order valence-electron chi connectivity index (χ3n) is 3.63. The van der Waals surface area contributed by atoms with E-state index >= 15 is 0 Å². The highest BCUT2D eigenvalue weighted by Crippen LogP contribution is 2.39. The van der Waals surface area contributed by atoms with Crippen molar-refractivity contribution in [3.8, 4) is 0 Å². The molecule has 13 heavy (non-hydrogen) atoms. The van der Waals surface area contributed by atoms with Gasteiger partial charge in [-0.15, -0.1) is 0 Å². The van der Waals surface area contributed by atoms with Crippen molar-refractivity contribution in [1.82, 2.24) is 10.6 Å². The zero-order chi connectivity index (χ0) is 9.31. The Hall–Kier alpha value is -0.120. The number of hydrogen-bond acceptors (Lipinski definition) is 3. The van der Waals surface area contributed by atoms with Crippen LogP contribution in [0.3, 0.4) is 0 Å². The fraction of sp³-hybridized carbons (Fsp3) is 1.00. The van der Waals surface area contributed by atoms with Gasteiger partial charge in [-0.05, 0) is 25.8 Å². The lowest BCUT2D eigenvalue weighted by Crippen LogP contribution is -2.51. The maximum absolute atomic E-state index is 5.97. The van der Waals surface area contributed by atoms with E-state index in [2.05, 4.69) is 17.6 Å². The SMILES string of the molecule is CNC1CC(C)C2(CNCCO2)C1. The Kier molecular flexibility index (Phi) is 2.58. The second-order valence-electron chi connectivity index (χ2n) is 4.42. The van der Waals surface area contributed by atoms with Gasteiger partial charge in [0.2, 0.25) is 0 Å². The Labute approximate surface area is 80.2 Å². The largest absolute Gasteiger partial charge is 0.372 e. The number of rotatable bonds is 1. The third-order valence-corrected chi connectivity index (χ3v) is 3.63. The molecule has 2 fully saturated rings. The number of morpholine rings is 1. The van der Waals surface area contributed by atoms with Crippen LogP contribution in [0.25, 0.3) is 0 Å². The van der Waals surface area contributed by atoms with Gasteiger partial charge >= 0.3 is 0 Å². The van der Waals surface area contributed by atoms with Crippen molar-refractivity contribution >= 4 is 0 Å². The molecule has 0 bridgehead atoms. The van der Waals surface area contributed by atoms with Crippen LogP contribution in [-0.2, 0) is 4.74 Å². The average Bonchev–Trinajstić information content (AvgIpc) is 2.45. The molecule has 0 amide bonds. The lowest BCUT2D eigenvalue weighted by atomic mass is 9.91. The molecule has 0 aromatic rings. The van der Waals surface area contributed by atoms with Crippen molar-refractivity contribution in [2.24, 2.45) is 5.92 Å². The van der Waals surface area contributed by atoms with Gasteiger partial charge in [-0.3, -0.25) is 0 Å². The quantitative estimate of drug-likeness (QED) is 0.617. The van der Waals surface area contributed by atoms with Crippen LogP contribution >= 0.6 is 0 Å². The molecule has 1 aliphatic carbocycles. The number of hydrogen-bond donors (Lipinski definition) is 2. The molecule has 1 saturated heterocycles. The molecule has 0 aromatic heterocycles. The van der Waals surface area contributed by atoms with E-state index in [1.54, 1.807) is 0 Å². The van der Waals surface area contributed by atoms with Crippen molar-refractivity contribution in [3.63, 3.8) is 0 Å². The van der Waals surface area contributed by atoms with E-state index in [0.717, 1.165) is 26.1 Å². The van der Waals surface area contributed by atoms with E-state index in [9.17, 15) is 0 Å². The van der Waals surface area contributed by atoms with Crippen LogP contribution in [0.1, 0.15) is 19.8 Å². The normalized spacial score (nSPS) is 45.7. The molecule has 2 rings (SSSR count). The van der Waals surface area contributed by atoms with Gasteiger partial charge in [0.25, 0.3) is 0 Å². The molecule has 1 heterocycles. The van der Waals surface area contributed by atoms with Gasteiger partial charge in [0, 0.05) is 19.1 Å². The Bertz CT molecular complexity index is 178. The Morgan fingerprint density at radius 2 is 2.38 bits per heavy atom. The molecular formula is C10H20N2O. The first kappa shape index (κ1) is 9.44. The molecule has 1 aliphatic heterocycles. The summed E-state index contributed by atoms with van der Waals surface area (Å²) in [6.07, 6.45) is 2.41. The Morgan fingerprint density at radius 1 is 1.54 bits per heavy atom. The molecule has 76 valence electrons. The van der Waals surface area contributed by atoms with E-state index < -0.39 is 0 Å². The molecule has 3 unspecified atom stereocenters. The van der Waals surface area contributed by atoms with Crippen LogP contribution in [0.5, 0.6) is 0 Å². The molecule has 1 spiro atoms. The van der Waals surface area contributed by atoms with Crippen LogP contribution in [0.2, 0.25) is 0 Å². The summed E-state index contributed by atoms with van der Waals surface area (Å²) in [7, 11) is 2.05. The van der Waals surface area contributed by atoms with Gasteiger partial charge in [0.05, 0.1) is 12.2 Å². The standard InChI is InChI=1S/C10H20N2O/c1-8-5-9(11-2)6-10(8)7-12-3-4-13-10/h8-9,11-12H,3-7H2,1-2H3. The fourth-order valence-corrected chi connectivity index (χ4v) is 2.69. The molecule has 3 atom stereocenters. The second-order valence-corrected chi connectivity index (χ2v) is 4.42. The summed E-state index contributed by atoms with van der Waals surface area (Å²) < 4.78 is 5.97. The van der Waals surface area contributed by atoms with Crippen LogP contribution in [0.4, 0.5) is 0 Å². The van der Waals surface area contributed by atoms with Crippen molar-refractivity contribution in [2.75, 3.05) is 26.7 Å². The van der Waals surface area contributed by atoms with Gasteiger partial charge in [-0.1, -0.05) is 6.92 Å². The first-order chi connectivity index (χ1) is 6.27. The van der Waals surface area contributed by atoms with Crippen molar-refractivity contribution < 1.29 is 4.74 Å². The highest BCUT2D eigenvalue weighted by Gasteiger charge is 2.46. The highest BCUT2D eigenvalue weighted by atomic mass is 16.5. The first-order valence-electron chi connectivity index (χ1n) is 5.29. The number of nitrogens with one attached hydrogen (secondary N) is 2. The molecule has 3 heteroatoms. The summed E-state index contributed by atoms with van der Waals surface area (Å²) in [6, 6.07) is 0.648. The van der Waals surface area contributed by atoms with E-state index in [1.807, 2.05) is 7.05 Å². The molecule has 1 saturated carbocycles. The van der Waals surface area contributed by atoms with Gasteiger partial charge in [-0.2, -0.15) is 0 Å². The monoisotopic (exact) mass is 184 g/mol. The van der Waals surface area contributed by atoms with Crippen molar-refractivity contribution in [2.45, 2.75) is 31.4 Å². The maximum atomic E-state index is 5.97. The van der Waals surface area contributed by atoms with Crippen molar-refractivity contribution in [1.29, 1.82) is 0 Å².